The van der Waals surface area contributed by atoms with Gasteiger partial charge in [0.15, 0.2) is 11.5 Å². The predicted molar refractivity (Wildman–Crippen MR) is 116 cm³/mol. The standard InChI is InChI=1S/C21H18BrClN2O4/c1-3-10-29-19-16(28-4-2)12-13(17(22)18(19)23)11-15-20(26)24-25(21(15)27)14-8-6-5-7-9-14/h3,5-9,11-12H,1,4,10H2,2H3,(H,24,26). The Bertz CT molecular complexity index is 992. The number of nitrogens with zero attached hydrogens (tertiary/aromatic N) is 1. The van der Waals surface area contributed by atoms with Gasteiger partial charge in [0.25, 0.3) is 11.8 Å². The van der Waals surface area contributed by atoms with E-state index in [1.165, 1.54) is 11.1 Å². The zero-order valence-corrected chi connectivity index (χ0v) is 17.9. The number of benzene rings is 2. The first-order valence-corrected chi connectivity index (χ1v) is 9.95. The van der Waals surface area contributed by atoms with Crippen LogP contribution < -0.4 is 19.9 Å². The number of hydrogen-bond donors (Lipinski definition) is 1. The van der Waals surface area contributed by atoms with Crippen molar-refractivity contribution < 1.29 is 19.1 Å². The lowest BCUT2D eigenvalue weighted by atomic mass is 10.1. The summed E-state index contributed by atoms with van der Waals surface area (Å²) in [5.41, 5.74) is 3.62. The van der Waals surface area contributed by atoms with E-state index in [9.17, 15) is 9.59 Å². The quantitative estimate of drug-likeness (QED) is 0.361. The molecule has 0 aromatic heterocycles. The average molecular weight is 478 g/mol. The van der Waals surface area contributed by atoms with Crippen LogP contribution in [0.5, 0.6) is 11.5 Å². The van der Waals surface area contributed by atoms with Crippen LogP contribution in [0.1, 0.15) is 12.5 Å². The van der Waals surface area contributed by atoms with Crippen LogP contribution in [0.25, 0.3) is 6.08 Å². The highest BCUT2D eigenvalue weighted by molar-refractivity contribution is 9.10. The molecular formula is C21H18BrClN2O4. The van der Waals surface area contributed by atoms with Crippen LogP contribution in [-0.4, -0.2) is 25.0 Å². The van der Waals surface area contributed by atoms with Crippen molar-refractivity contribution in [3.05, 3.63) is 69.7 Å². The Morgan fingerprint density at radius 3 is 2.62 bits per heavy atom. The van der Waals surface area contributed by atoms with Crippen molar-refractivity contribution in [1.82, 2.24) is 5.43 Å². The number of rotatable bonds is 7. The van der Waals surface area contributed by atoms with Crippen molar-refractivity contribution in [2.45, 2.75) is 6.92 Å². The number of ether oxygens (including phenoxy) is 2. The van der Waals surface area contributed by atoms with Gasteiger partial charge in [0.2, 0.25) is 0 Å². The van der Waals surface area contributed by atoms with E-state index in [4.69, 9.17) is 21.1 Å². The van der Waals surface area contributed by atoms with Gasteiger partial charge >= 0.3 is 0 Å². The van der Waals surface area contributed by atoms with Crippen LogP contribution in [0.3, 0.4) is 0 Å². The molecule has 29 heavy (non-hydrogen) atoms. The smallest absolute Gasteiger partial charge is 0.282 e. The maximum atomic E-state index is 12.8. The summed E-state index contributed by atoms with van der Waals surface area (Å²) in [7, 11) is 0. The van der Waals surface area contributed by atoms with Gasteiger partial charge in [-0.3, -0.25) is 15.0 Å². The van der Waals surface area contributed by atoms with Gasteiger partial charge in [-0.1, -0.05) is 42.5 Å². The number of halogens is 2. The Hall–Kier alpha value is -2.77. The second-order valence-electron chi connectivity index (χ2n) is 5.93. The number of carbonyl (C=O) groups is 2. The van der Waals surface area contributed by atoms with Gasteiger partial charge in [-0.05, 0) is 52.7 Å². The monoisotopic (exact) mass is 476 g/mol. The number of anilines is 1. The normalized spacial score (nSPS) is 14.9. The molecule has 2 aromatic carbocycles. The van der Waals surface area contributed by atoms with E-state index in [2.05, 4.69) is 27.9 Å². The molecule has 3 rings (SSSR count). The van der Waals surface area contributed by atoms with E-state index in [1.54, 1.807) is 36.4 Å². The van der Waals surface area contributed by atoms with Gasteiger partial charge < -0.3 is 9.47 Å². The molecule has 0 bridgehead atoms. The summed E-state index contributed by atoms with van der Waals surface area (Å²) in [5.74, 6) is -0.211. The van der Waals surface area contributed by atoms with Crippen LogP contribution in [-0.2, 0) is 9.59 Å². The lowest BCUT2D eigenvalue weighted by molar-refractivity contribution is -0.117. The molecule has 8 heteroatoms. The molecule has 0 saturated carbocycles. The lowest BCUT2D eigenvalue weighted by Crippen LogP contribution is -2.35. The van der Waals surface area contributed by atoms with E-state index in [1.807, 2.05) is 13.0 Å². The van der Waals surface area contributed by atoms with Crippen molar-refractivity contribution in [2.24, 2.45) is 0 Å². The Balaban J connectivity index is 2.02. The summed E-state index contributed by atoms with van der Waals surface area (Å²) in [6, 6.07) is 10.5. The fourth-order valence-corrected chi connectivity index (χ4v) is 3.39. The van der Waals surface area contributed by atoms with Gasteiger partial charge in [0, 0.05) is 4.47 Å². The minimum atomic E-state index is -0.508. The van der Waals surface area contributed by atoms with Gasteiger partial charge in [0.1, 0.15) is 17.2 Å². The molecule has 1 N–H and O–H groups in total. The zero-order chi connectivity index (χ0) is 21.0. The van der Waals surface area contributed by atoms with Crippen LogP contribution in [0, 0.1) is 0 Å². The third-order valence-corrected chi connectivity index (χ3v) is 5.45. The summed E-state index contributed by atoms with van der Waals surface area (Å²) in [4.78, 5) is 25.2. The summed E-state index contributed by atoms with van der Waals surface area (Å²) in [6.07, 6.45) is 3.06. The van der Waals surface area contributed by atoms with Crippen LogP contribution in [0.4, 0.5) is 5.69 Å². The Labute approximate surface area is 181 Å². The van der Waals surface area contributed by atoms with Gasteiger partial charge in [-0.15, -0.1) is 0 Å². The van der Waals surface area contributed by atoms with E-state index < -0.39 is 11.8 Å². The number of amides is 2. The number of carbonyl (C=O) groups excluding carboxylic acids is 2. The Kier molecular flexibility index (Phi) is 6.61. The van der Waals surface area contributed by atoms with Crippen molar-refractivity contribution in [1.29, 1.82) is 0 Å². The molecule has 1 aliphatic heterocycles. The molecule has 0 aliphatic carbocycles. The van der Waals surface area contributed by atoms with Crippen molar-refractivity contribution in [2.75, 3.05) is 18.2 Å². The first-order valence-electron chi connectivity index (χ1n) is 8.78. The van der Waals surface area contributed by atoms with E-state index in [-0.39, 0.29) is 17.2 Å². The second kappa shape index (κ2) is 9.15. The molecule has 150 valence electrons. The number of para-hydroxylation sites is 1. The maximum Gasteiger partial charge on any atom is 0.282 e. The molecule has 1 fully saturated rings. The highest BCUT2D eigenvalue weighted by atomic mass is 79.9. The van der Waals surface area contributed by atoms with Crippen LogP contribution in [0.2, 0.25) is 5.02 Å². The highest BCUT2D eigenvalue weighted by Crippen LogP contribution is 2.43. The Morgan fingerprint density at radius 2 is 1.97 bits per heavy atom. The zero-order valence-electron chi connectivity index (χ0n) is 15.6. The fraction of sp³-hybridized carbons (Fsp3) is 0.143. The van der Waals surface area contributed by atoms with Gasteiger partial charge in [-0.25, -0.2) is 5.01 Å². The van der Waals surface area contributed by atoms with Crippen LogP contribution >= 0.6 is 27.5 Å². The van der Waals surface area contributed by atoms with Crippen molar-refractivity contribution in [3.8, 4) is 11.5 Å². The topological polar surface area (TPSA) is 67.9 Å². The van der Waals surface area contributed by atoms with Gasteiger partial charge in [-0.2, -0.15) is 0 Å². The third-order valence-electron chi connectivity index (χ3n) is 4.01. The largest absolute Gasteiger partial charge is 0.490 e. The van der Waals surface area contributed by atoms with Crippen LogP contribution in [0.15, 0.2) is 59.1 Å². The summed E-state index contributed by atoms with van der Waals surface area (Å²) < 4.78 is 11.7. The highest BCUT2D eigenvalue weighted by Gasteiger charge is 2.34. The average Bonchev–Trinajstić information content (AvgIpc) is 3.00. The van der Waals surface area contributed by atoms with E-state index in [0.717, 1.165) is 0 Å². The minimum Gasteiger partial charge on any atom is -0.490 e. The van der Waals surface area contributed by atoms with E-state index in [0.29, 0.717) is 33.8 Å². The second-order valence-corrected chi connectivity index (χ2v) is 7.10. The summed E-state index contributed by atoms with van der Waals surface area (Å²) in [6.45, 7) is 6.09. The molecule has 0 unspecified atom stereocenters. The van der Waals surface area contributed by atoms with Gasteiger partial charge in [0.05, 0.1) is 12.3 Å². The summed E-state index contributed by atoms with van der Waals surface area (Å²) >= 11 is 9.87. The van der Waals surface area contributed by atoms with Crippen molar-refractivity contribution in [3.63, 3.8) is 0 Å². The molecule has 1 heterocycles. The fourth-order valence-electron chi connectivity index (χ4n) is 2.72. The number of hydrazine groups is 1. The lowest BCUT2D eigenvalue weighted by Gasteiger charge is -2.15. The molecular weight excluding hydrogens is 460 g/mol. The molecule has 2 aromatic rings. The molecule has 2 amide bonds. The van der Waals surface area contributed by atoms with E-state index >= 15 is 0 Å². The predicted octanol–water partition coefficient (Wildman–Crippen LogP) is 4.53. The van der Waals surface area contributed by atoms with Crippen molar-refractivity contribution >= 4 is 51.1 Å². The summed E-state index contributed by atoms with van der Waals surface area (Å²) in [5, 5.41) is 1.48. The molecule has 0 radical (unpaired) electrons. The molecule has 0 spiro atoms. The number of nitrogens with one attached hydrogen (secondary N) is 1. The third kappa shape index (κ3) is 4.31. The SMILES string of the molecule is C=CCOc1c(OCC)cc(C=C2C(=O)NN(c3ccccc3)C2=O)c(Br)c1Cl. The first kappa shape index (κ1) is 21.0. The molecule has 1 aliphatic rings. The molecule has 0 atom stereocenters. The molecule has 1 saturated heterocycles. The maximum absolute atomic E-state index is 12.8. The first-order chi connectivity index (χ1) is 14.0. The Morgan fingerprint density at radius 1 is 1.24 bits per heavy atom. The minimum absolute atomic E-state index is 0.0205. The molecule has 6 nitrogen and oxygen atoms in total. The number of hydrogen-bond acceptors (Lipinski definition) is 4.